The van der Waals surface area contributed by atoms with Gasteiger partial charge in [-0.2, -0.15) is 0 Å². The maximum Gasteiger partial charge on any atom is 0.257 e. The first kappa shape index (κ1) is 21.4. The van der Waals surface area contributed by atoms with Crippen LogP contribution >= 0.6 is 28.1 Å². The van der Waals surface area contributed by atoms with Crippen LogP contribution in [-0.2, 0) is 0 Å². The summed E-state index contributed by atoms with van der Waals surface area (Å²) in [7, 11) is 0. The minimum absolute atomic E-state index is 0.268. The number of rotatable bonds is 6. The maximum absolute atomic E-state index is 12.5. The number of benzene rings is 2. The third-order valence-corrected chi connectivity index (χ3v) is 4.65. The number of halogens is 1. The van der Waals surface area contributed by atoms with Crippen LogP contribution in [0.3, 0.4) is 0 Å². The summed E-state index contributed by atoms with van der Waals surface area (Å²) in [6, 6.07) is 13.2. The molecule has 6 heteroatoms. The highest BCUT2D eigenvalue weighted by atomic mass is 79.9. The van der Waals surface area contributed by atoms with Crippen LogP contribution in [-0.4, -0.2) is 17.6 Å². The van der Waals surface area contributed by atoms with Crippen molar-refractivity contribution in [2.24, 2.45) is 5.92 Å². The van der Waals surface area contributed by atoms with Crippen LogP contribution in [0.2, 0.25) is 0 Å². The van der Waals surface area contributed by atoms with Gasteiger partial charge in [0, 0.05) is 11.3 Å². The number of carbonyl (C=O) groups excluding carboxylic acids is 1. The number of carbonyl (C=O) groups is 1. The van der Waals surface area contributed by atoms with Gasteiger partial charge < -0.3 is 10.1 Å². The first-order valence-corrected chi connectivity index (χ1v) is 10.1. The molecule has 0 aliphatic heterocycles. The molecule has 0 radical (unpaired) electrons. The van der Waals surface area contributed by atoms with E-state index in [-0.39, 0.29) is 11.0 Å². The topological polar surface area (TPSA) is 50.4 Å². The lowest BCUT2D eigenvalue weighted by atomic mass is 10.0. The number of hydrogen-bond donors (Lipinski definition) is 2. The fourth-order valence-electron chi connectivity index (χ4n) is 2.46. The van der Waals surface area contributed by atoms with Crippen molar-refractivity contribution in [2.75, 3.05) is 11.9 Å². The van der Waals surface area contributed by atoms with Crippen molar-refractivity contribution < 1.29 is 9.53 Å². The average Bonchev–Trinajstić information content (AvgIpc) is 2.60. The zero-order chi connectivity index (χ0) is 20.0. The predicted octanol–water partition coefficient (Wildman–Crippen LogP) is 5.73. The molecule has 1 amide bonds. The quantitative estimate of drug-likeness (QED) is 0.553. The van der Waals surface area contributed by atoms with Gasteiger partial charge in [0.15, 0.2) is 5.11 Å². The Kier molecular flexibility index (Phi) is 7.80. The summed E-state index contributed by atoms with van der Waals surface area (Å²) in [4.78, 5) is 12.5. The minimum atomic E-state index is -0.273. The SMILES string of the molecule is CC(C)COc1ccc(C(=O)NC(=S)Nc2ccccc2C(C)C)cc1Br. The van der Waals surface area contributed by atoms with Gasteiger partial charge in [-0.15, -0.1) is 0 Å². The molecule has 0 spiro atoms. The minimum Gasteiger partial charge on any atom is -0.492 e. The lowest BCUT2D eigenvalue weighted by molar-refractivity contribution is 0.0977. The summed E-state index contributed by atoms with van der Waals surface area (Å²) in [5.74, 6) is 1.22. The largest absolute Gasteiger partial charge is 0.492 e. The van der Waals surface area contributed by atoms with Gasteiger partial charge in [-0.05, 0) is 69.8 Å². The van der Waals surface area contributed by atoms with Crippen molar-refractivity contribution in [1.29, 1.82) is 0 Å². The monoisotopic (exact) mass is 448 g/mol. The second-order valence-corrected chi connectivity index (χ2v) is 8.26. The molecule has 2 rings (SSSR count). The summed E-state index contributed by atoms with van der Waals surface area (Å²) in [5.41, 5.74) is 2.54. The van der Waals surface area contributed by atoms with Gasteiger partial charge in [0.2, 0.25) is 0 Å². The summed E-state index contributed by atoms with van der Waals surface area (Å²) >= 11 is 8.77. The van der Waals surface area contributed by atoms with Gasteiger partial charge in [0.05, 0.1) is 11.1 Å². The predicted molar refractivity (Wildman–Crippen MR) is 119 cm³/mol. The fraction of sp³-hybridized carbons (Fsp3) is 0.333. The molecule has 2 N–H and O–H groups in total. The molecule has 2 aromatic carbocycles. The van der Waals surface area contributed by atoms with Crippen LogP contribution in [0.1, 0.15) is 49.5 Å². The van der Waals surface area contributed by atoms with E-state index >= 15 is 0 Å². The first-order valence-electron chi connectivity index (χ1n) is 8.91. The molecule has 0 saturated heterocycles. The zero-order valence-electron chi connectivity index (χ0n) is 16.0. The molecule has 0 aliphatic rings. The molecule has 0 aromatic heterocycles. The second-order valence-electron chi connectivity index (χ2n) is 7.00. The van der Waals surface area contributed by atoms with E-state index in [0.29, 0.717) is 29.8 Å². The van der Waals surface area contributed by atoms with Crippen molar-refractivity contribution in [3.63, 3.8) is 0 Å². The normalized spacial score (nSPS) is 10.8. The number of anilines is 1. The highest BCUT2D eigenvalue weighted by Gasteiger charge is 2.13. The molecular formula is C21H25BrN2O2S. The van der Waals surface area contributed by atoms with Gasteiger partial charge in [-0.25, -0.2) is 0 Å². The van der Waals surface area contributed by atoms with E-state index < -0.39 is 0 Å². The van der Waals surface area contributed by atoms with E-state index in [1.807, 2.05) is 24.3 Å². The first-order chi connectivity index (χ1) is 12.8. The van der Waals surface area contributed by atoms with Crippen LogP contribution in [0.15, 0.2) is 46.9 Å². The van der Waals surface area contributed by atoms with Gasteiger partial charge in [-0.1, -0.05) is 45.9 Å². The van der Waals surface area contributed by atoms with Gasteiger partial charge in [0.1, 0.15) is 5.75 Å². The lowest BCUT2D eigenvalue weighted by Crippen LogP contribution is -2.34. The van der Waals surface area contributed by atoms with E-state index in [1.54, 1.807) is 18.2 Å². The van der Waals surface area contributed by atoms with Crippen molar-refractivity contribution in [3.05, 3.63) is 58.1 Å². The Balaban J connectivity index is 2.02. The highest BCUT2D eigenvalue weighted by molar-refractivity contribution is 9.10. The van der Waals surface area contributed by atoms with Crippen LogP contribution < -0.4 is 15.4 Å². The maximum atomic E-state index is 12.5. The summed E-state index contributed by atoms with van der Waals surface area (Å²) in [6.07, 6.45) is 0. The molecule has 0 heterocycles. The molecule has 144 valence electrons. The van der Waals surface area contributed by atoms with E-state index in [1.165, 1.54) is 0 Å². The van der Waals surface area contributed by atoms with Gasteiger partial charge in [0.25, 0.3) is 5.91 Å². The van der Waals surface area contributed by atoms with Crippen LogP contribution in [0.5, 0.6) is 5.75 Å². The van der Waals surface area contributed by atoms with E-state index in [0.717, 1.165) is 15.7 Å². The smallest absolute Gasteiger partial charge is 0.257 e. The number of amides is 1. The molecular weight excluding hydrogens is 424 g/mol. The van der Waals surface area contributed by atoms with Crippen molar-refractivity contribution in [1.82, 2.24) is 5.32 Å². The zero-order valence-corrected chi connectivity index (χ0v) is 18.4. The fourth-order valence-corrected chi connectivity index (χ4v) is 3.15. The van der Waals surface area contributed by atoms with E-state index in [2.05, 4.69) is 54.3 Å². The molecule has 0 aliphatic carbocycles. The lowest BCUT2D eigenvalue weighted by Gasteiger charge is -2.16. The standard InChI is InChI=1S/C21H25BrN2O2S/c1-13(2)12-26-19-10-9-15(11-17(19)22)20(25)24-21(27)23-18-8-6-5-7-16(18)14(3)4/h5-11,13-14H,12H2,1-4H3,(H2,23,24,25,27). The molecule has 0 unspecified atom stereocenters. The molecule has 0 saturated carbocycles. The number of nitrogens with one attached hydrogen (secondary N) is 2. The third-order valence-electron chi connectivity index (χ3n) is 3.82. The molecule has 27 heavy (non-hydrogen) atoms. The van der Waals surface area contributed by atoms with Crippen LogP contribution in [0, 0.1) is 5.92 Å². The molecule has 4 nitrogen and oxygen atoms in total. The number of para-hydroxylation sites is 1. The molecule has 0 atom stereocenters. The Hall–Kier alpha value is -1.92. The molecule has 0 fully saturated rings. The summed E-state index contributed by atoms with van der Waals surface area (Å²) in [6.45, 7) is 9.01. The Morgan fingerprint density at radius 1 is 1.15 bits per heavy atom. The van der Waals surface area contributed by atoms with E-state index in [9.17, 15) is 4.79 Å². The number of hydrogen-bond acceptors (Lipinski definition) is 3. The Morgan fingerprint density at radius 3 is 2.48 bits per heavy atom. The second kappa shape index (κ2) is 9.85. The van der Waals surface area contributed by atoms with Gasteiger partial charge >= 0.3 is 0 Å². The summed E-state index contributed by atoms with van der Waals surface area (Å²) < 4.78 is 6.45. The van der Waals surface area contributed by atoms with Crippen molar-refractivity contribution in [2.45, 2.75) is 33.6 Å². The van der Waals surface area contributed by atoms with Crippen molar-refractivity contribution in [3.8, 4) is 5.75 Å². The number of ether oxygens (including phenoxy) is 1. The Bertz CT molecular complexity index is 822. The van der Waals surface area contributed by atoms with Gasteiger partial charge in [-0.3, -0.25) is 10.1 Å². The molecule has 2 aromatic rings. The molecule has 0 bridgehead atoms. The summed E-state index contributed by atoms with van der Waals surface area (Å²) in [5, 5.41) is 6.11. The third kappa shape index (κ3) is 6.33. The van der Waals surface area contributed by atoms with E-state index in [4.69, 9.17) is 17.0 Å². The highest BCUT2D eigenvalue weighted by Crippen LogP contribution is 2.27. The Morgan fingerprint density at radius 2 is 1.85 bits per heavy atom. The Labute approximate surface area is 174 Å². The average molecular weight is 449 g/mol. The van der Waals surface area contributed by atoms with Crippen molar-refractivity contribution >= 4 is 44.9 Å². The number of thiocarbonyl (C=S) groups is 1. The van der Waals surface area contributed by atoms with Crippen LogP contribution in [0.4, 0.5) is 5.69 Å². The van der Waals surface area contributed by atoms with Crippen LogP contribution in [0.25, 0.3) is 0 Å².